The average Bonchev–Trinajstić information content (AvgIpc) is 1.99. The van der Waals surface area contributed by atoms with E-state index >= 15 is 0 Å². The van der Waals surface area contributed by atoms with Crippen molar-refractivity contribution in [3.05, 3.63) is 12.7 Å². The Labute approximate surface area is 64.2 Å². The molecule has 0 radical (unpaired) electrons. The van der Waals surface area contributed by atoms with Crippen LogP contribution in [0.15, 0.2) is 12.7 Å². The number of nitrogens with one attached hydrogen (secondary N) is 2. The van der Waals surface area contributed by atoms with E-state index in [1.54, 1.807) is 0 Å². The van der Waals surface area contributed by atoms with Gasteiger partial charge >= 0.3 is 0 Å². The fraction of sp³-hybridized carbons (Fsp3) is 0.200. The predicted octanol–water partition coefficient (Wildman–Crippen LogP) is -0.276. The molecule has 10 heavy (non-hydrogen) atoms. The van der Waals surface area contributed by atoms with Gasteiger partial charge in [-0.3, -0.25) is 15.6 Å². The van der Waals surface area contributed by atoms with Crippen LogP contribution in [0.4, 0.5) is 0 Å². The van der Waals surface area contributed by atoms with Gasteiger partial charge in [-0.25, -0.2) is 0 Å². The first-order chi connectivity index (χ1) is 4.70. The van der Waals surface area contributed by atoms with Crippen molar-refractivity contribution < 1.29 is 9.53 Å². The number of hydrogen-bond acceptors (Lipinski definition) is 3. The van der Waals surface area contributed by atoms with Crippen LogP contribution < -0.4 is 10.9 Å². The minimum Gasteiger partial charge on any atom is -0.473 e. The van der Waals surface area contributed by atoms with Crippen LogP contribution in [0.5, 0.6) is 0 Å². The number of ether oxygens (including phenoxy) is 1. The zero-order valence-corrected chi connectivity index (χ0v) is 6.33. The van der Waals surface area contributed by atoms with E-state index in [1.165, 1.54) is 7.11 Å². The van der Waals surface area contributed by atoms with Gasteiger partial charge in [0.2, 0.25) is 0 Å². The van der Waals surface area contributed by atoms with Gasteiger partial charge in [-0.05, 0) is 18.3 Å². The second-order valence-electron chi connectivity index (χ2n) is 1.31. The molecular weight excluding hydrogens is 152 g/mol. The number of rotatable bonds is 1. The molecule has 0 aliphatic rings. The summed E-state index contributed by atoms with van der Waals surface area (Å²) < 4.78 is 4.52. The molecule has 2 N–H and O–H groups in total. The Morgan fingerprint density at radius 2 is 2.30 bits per heavy atom. The molecule has 0 aliphatic heterocycles. The maximum atomic E-state index is 10.4. The van der Waals surface area contributed by atoms with E-state index in [0.29, 0.717) is 0 Å². The second-order valence-corrected chi connectivity index (χ2v) is 1.68. The molecule has 0 rings (SSSR count). The summed E-state index contributed by atoms with van der Waals surface area (Å²) in [5.41, 5.74) is 4.53. The lowest BCUT2D eigenvalue weighted by molar-refractivity contribution is -0.117. The zero-order chi connectivity index (χ0) is 7.98. The van der Waals surface area contributed by atoms with Crippen molar-refractivity contribution in [2.24, 2.45) is 0 Å². The highest BCUT2D eigenvalue weighted by atomic mass is 32.1. The van der Waals surface area contributed by atoms with Crippen LogP contribution in [0.25, 0.3) is 0 Å². The lowest BCUT2D eigenvalue weighted by atomic mass is 10.6. The van der Waals surface area contributed by atoms with E-state index in [-0.39, 0.29) is 11.1 Å². The molecule has 5 heteroatoms. The molecule has 0 unspecified atom stereocenters. The Bertz CT molecular complexity index is 158. The highest BCUT2D eigenvalue weighted by Gasteiger charge is 1.93. The molecule has 0 aromatic heterocycles. The second kappa shape index (κ2) is 4.75. The molecule has 0 heterocycles. The fourth-order valence-electron chi connectivity index (χ4n) is 0.215. The fourth-order valence-corrected chi connectivity index (χ4v) is 0.266. The third kappa shape index (κ3) is 3.85. The summed E-state index contributed by atoms with van der Waals surface area (Å²) in [5, 5.41) is 0.107. The van der Waals surface area contributed by atoms with Gasteiger partial charge in [0, 0.05) is 0 Å². The Morgan fingerprint density at radius 3 is 2.70 bits per heavy atom. The summed E-state index contributed by atoms with van der Waals surface area (Å²) in [7, 11) is 1.40. The molecule has 0 aliphatic carbocycles. The number of carbonyl (C=O) groups is 1. The number of carbonyl (C=O) groups excluding carboxylic acids is 1. The number of hydrogen-bond donors (Lipinski definition) is 2. The zero-order valence-electron chi connectivity index (χ0n) is 5.51. The molecule has 1 amide bonds. The standard InChI is InChI=1S/C5H8N2O2S/c1-3-4(8)6-7-5(10)9-2/h3H,1H2,2H3,(H,6,8)(H,7,10). The summed E-state index contributed by atoms with van der Waals surface area (Å²) in [4.78, 5) is 10.4. The lowest BCUT2D eigenvalue weighted by Crippen LogP contribution is -2.40. The normalized spacial score (nSPS) is 7.70. The molecule has 0 aromatic rings. The predicted molar refractivity (Wildman–Crippen MR) is 41.1 cm³/mol. The van der Waals surface area contributed by atoms with Crippen molar-refractivity contribution in [3.8, 4) is 0 Å². The van der Waals surface area contributed by atoms with Crippen molar-refractivity contribution in [2.75, 3.05) is 7.11 Å². The minimum absolute atomic E-state index is 0.107. The van der Waals surface area contributed by atoms with Gasteiger partial charge in [-0.1, -0.05) is 6.58 Å². The Balaban J connectivity index is 3.44. The molecular formula is C5H8N2O2S. The van der Waals surface area contributed by atoms with E-state index in [1.807, 2.05) is 0 Å². The smallest absolute Gasteiger partial charge is 0.275 e. The third-order valence-electron chi connectivity index (χ3n) is 0.659. The van der Waals surface area contributed by atoms with Crippen molar-refractivity contribution in [1.29, 1.82) is 0 Å². The van der Waals surface area contributed by atoms with Gasteiger partial charge in [0.1, 0.15) is 0 Å². The minimum atomic E-state index is -0.362. The van der Waals surface area contributed by atoms with Crippen molar-refractivity contribution in [1.82, 2.24) is 10.9 Å². The van der Waals surface area contributed by atoms with Crippen molar-refractivity contribution in [3.63, 3.8) is 0 Å². The maximum absolute atomic E-state index is 10.4. The van der Waals surface area contributed by atoms with E-state index in [0.717, 1.165) is 6.08 Å². The molecule has 0 saturated heterocycles. The number of amides is 1. The summed E-state index contributed by atoms with van der Waals surface area (Å²) in [5.74, 6) is -0.362. The monoisotopic (exact) mass is 160 g/mol. The molecule has 0 saturated carbocycles. The third-order valence-corrected chi connectivity index (χ3v) is 0.927. The van der Waals surface area contributed by atoms with E-state index in [9.17, 15) is 4.79 Å². The van der Waals surface area contributed by atoms with Crippen LogP contribution in [0.2, 0.25) is 0 Å². The van der Waals surface area contributed by atoms with Gasteiger partial charge < -0.3 is 4.74 Å². The first-order valence-corrected chi connectivity index (χ1v) is 2.88. The summed E-state index contributed by atoms with van der Waals surface area (Å²) in [6, 6.07) is 0. The van der Waals surface area contributed by atoms with Gasteiger partial charge in [0.15, 0.2) is 0 Å². The summed E-state index contributed by atoms with van der Waals surface area (Å²) in [6.07, 6.45) is 1.12. The van der Waals surface area contributed by atoms with Crippen LogP contribution >= 0.6 is 12.2 Å². The van der Waals surface area contributed by atoms with Gasteiger partial charge in [-0.2, -0.15) is 0 Å². The van der Waals surface area contributed by atoms with Crippen molar-refractivity contribution >= 4 is 23.3 Å². The Morgan fingerprint density at radius 1 is 1.70 bits per heavy atom. The van der Waals surface area contributed by atoms with Gasteiger partial charge in [-0.15, -0.1) is 0 Å². The molecule has 0 atom stereocenters. The number of thiocarbonyl (C=S) groups is 1. The van der Waals surface area contributed by atoms with Crippen LogP contribution in [-0.2, 0) is 9.53 Å². The molecule has 0 bridgehead atoms. The number of methoxy groups -OCH3 is 1. The van der Waals surface area contributed by atoms with Crippen LogP contribution in [-0.4, -0.2) is 18.2 Å². The molecule has 0 fully saturated rings. The largest absolute Gasteiger partial charge is 0.473 e. The van der Waals surface area contributed by atoms with E-state index < -0.39 is 0 Å². The van der Waals surface area contributed by atoms with Gasteiger partial charge in [0.05, 0.1) is 7.11 Å². The van der Waals surface area contributed by atoms with Gasteiger partial charge in [0.25, 0.3) is 11.1 Å². The molecule has 0 aromatic carbocycles. The highest BCUT2D eigenvalue weighted by Crippen LogP contribution is 1.68. The lowest BCUT2D eigenvalue weighted by Gasteiger charge is -2.04. The molecule has 56 valence electrons. The topological polar surface area (TPSA) is 50.4 Å². The molecule has 0 spiro atoms. The number of hydrazine groups is 1. The van der Waals surface area contributed by atoms with E-state index in [4.69, 9.17) is 0 Å². The van der Waals surface area contributed by atoms with Crippen LogP contribution in [0.3, 0.4) is 0 Å². The Hall–Kier alpha value is -1.10. The van der Waals surface area contributed by atoms with Crippen LogP contribution in [0, 0.1) is 0 Å². The first-order valence-electron chi connectivity index (χ1n) is 2.47. The highest BCUT2D eigenvalue weighted by molar-refractivity contribution is 7.80. The van der Waals surface area contributed by atoms with E-state index in [2.05, 4.69) is 34.4 Å². The van der Waals surface area contributed by atoms with Crippen LogP contribution in [0.1, 0.15) is 0 Å². The first kappa shape index (κ1) is 8.90. The summed E-state index contributed by atoms with van der Waals surface area (Å²) in [6.45, 7) is 3.23. The van der Waals surface area contributed by atoms with Crippen molar-refractivity contribution in [2.45, 2.75) is 0 Å². The maximum Gasteiger partial charge on any atom is 0.275 e. The SMILES string of the molecule is C=CC(=O)NNC(=S)OC. The molecule has 4 nitrogen and oxygen atoms in total. The summed E-state index contributed by atoms with van der Waals surface area (Å²) >= 11 is 4.54. The average molecular weight is 160 g/mol. The Kier molecular flexibility index (Phi) is 4.23. The quantitative estimate of drug-likeness (QED) is 0.315.